The fourth-order valence-corrected chi connectivity index (χ4v) is 1.15. The van der Waals surface area contributed by atoms with Crippen molar-refractivity contribution in [3.05, 3.63) is 35.4 Å². The fraction of sp³-hybridized carbons (Fsp3) is 0.250. The number of rotatable bonds is 1. The Hall–Kier alpha value is -0.830. The molecule has 0 amide bonds. The predicted octanol–water partition coefficient (Wildman–Crippen LogP) is 2.79. The van der Waals surface area contributed by atoms with E-state index in [9.17, 15) is 13.2 Å². The first kappa shape index (κ1) is 16.2. The van der Waals surface area contributed by atoms with Gasteiger partial charge in [0.15, 0.2) is 0 Å². The lowest BCUT2D eigenvalue weighted by molar-refractivity contribution is -0.138. The van der Waals surface area contributed by atoms with E-state index >= 15 is 0 Å². The number of benzene rings is 1. The normalized spacial score (nSPS) is 11.6. The Bertz CT molecular complexity index is 450. The van der Waals surface area contributed by atoms with Crippen LogP contribution in [0.15, 0.2) is 24.3 Å². The van der Waals surface area contributed by atoms with Crippen molar-refractivity contribution in [1.29, 1.82) is 0 Å². The highest BCUT2D eigenvalue weighted by Crippen LogP contribution is 2.32. The zero-order valence-electron chi connectivity index (χ0n) is 8.15. The van der Waals surface area contributed by atoms with Crippen LogP contribution in [0.2, 0.25) is 0 Å². The summed E-state index contributed by atoms with van der Waals surface area (Å²) in [5.41, 5.74) is -0.535. The van der Waals surface area contributed by atoms with Crippen LogP contribution in [0.1, 0.15) is 11.1 Å². The second kappa shape index (κ2) is 6.20. The van der Waals surface area contributed by atoms with Gasteiger partial charge in [0.05, 0.1) is 5.56 Å². The van der Waals surface area contributed by atoms with Gasteiger partial charge in [-0.25, -0.2) is 0 Å². The Morgan fingerprint density at radius 2 is 1.59 bits per heavy atom. The first-order valence-corrected chi connectivity index (χ1v) is 5.90. The summed E-state index contributed by atoms with van der Waals surface area (Å²) in [4.78, 5) is 0. The Kier molecular flexibility index (Phi) is 5.89. The molecule has 1 aromatic rings. The van der Waals surface area contributed by atoms with E-state index in [4.69, 9.17) is 29.1 Å². The third-order valence-corrected chi connectivity index (χ3v) is 1.75. The van der Waals surface area contributed by atoms with Gasteiger partial charge in [0.25, 0.3) is 0 Å². The molecule has 4 nitrogen and oxygen atoms in total. The van der Waals surface area contributed by atoms with Crippen molar-refractivity contribution in [2.45, 2.75) is 12.1 Å². The van der Waals surface area contributed by atoms with E-state index in [-0.39, 0.29) is 11.4 Å². The Balaban J connectivity index is 0.000000437. The van der Waals surface area contributed by atoms with Crippen molar-refractivity contribution in [3.63, 3.8) is 0 Å². The van der Waals surface area contributed by atoms with Crippen LogP contribution >= 0.6 is 11.6 Å². The van der Waals surface area contributed by atoms with E-state index in [0.717, 1.165) is 6.07 Å². The molecule has 0 radical (unpaired) electrons. The average Bonchev–Trinajstić information content (AvgIpc) is 2.14. The topological polar surface area (TPSA) is 74.6 Å². The summed E-state index contributed by atoms with van der Waals surface area (Å²) in [7, 11) is -4.67. The van der Waals surface area contributed by atoms with Crippen molar-refractivity contribution in [3.8, 4) is 0 Å². The minimum atomic E-state index is -4.67. The van der Waals surface area contributed by atoms with Crippen LogP contribution < -0.4 is 0 Å². The van der Waals surface area contributed by atoms with Gasteiger partial charge in [-0.15, -0.1) is 11.6 Å². The van der Waals surface area contributed by atoms with Gasteiger partial charge in [0, 0.05) is 5.88 Å². The fourth-order valence-electron chi connectivity index (χ4n) is 0.913. The van der Waals surface area contributed by atoms with Crippen LogP contribution in [0, 0.1) is 0 Å². The van der Waals surface area contributed by atoms with Crippen molar-refractivity contribution in [2.75, 3.05) is 0 Å². The minimum Gasteiger partial charge on any atom is -0.264 e. The van der Waals surface area contributed by atoms with E-state index in [1.54, 1.807) is 0 Å². The van der Waals surface area contributed by atoms with E-state index in [1.807, 2.05) is 0 Å². The van der Waals surface area contributed by atoms with Crippen LogP contribution in [0.3, 0.4) is 0 Å². The SMILES string of the molecule is FC(F)(F)c1ccccc1CCl.O=S(=O)(O)O. The van der Waals surface area contributed by atoms with E-state index in [2.05, 4.69) is 0 Å². The molecule has 0 aliphatic carbocycles. The molecular formula is C8H8ClF3O4S. The summed E-state index contributed by atoms with van der Waals surface area (Å²) in [6.45, 7) is 0. The molecule has 0 aliphatic rings. The first-order valence-electron chi connectivity index (χ1n) is 3.96. The standard InChI is InChI=1S/C8H6ClF3.H2O4S/c9-5-6-3-1-2-4-7(6)8(10,11)12;1-5(2,3)4/h1-4H,5H2;(H2,1,2,3,4). The maximum atomic E-state index is 12.2. The Morgan fingerprint density at radius 3 is 1.88 bits per heavy atom. The molecule has 17 heavy (non-hydrogen) atoms. The van der Waals surface area contributed by atoms with Gasteiger partial charge in [0.2, 0.25) is 0 Å². The molecule has 1 aromatic carbocycles. The molecule has 9 heteroatoms. The highest BCUT2D eigenvalue weighted by atomic mass is 35.5. The summed E-state index contributed by atoms with van der Waals surface area (Å²) in [6, 6.07) is 5.28. The summed E-state index contributed by atoms with van der Waals surface area (Å²) in [5, 5.41) is 0. The van der Waals surface area contributed by atoms with E-state index in [0.29, 0.717) is 0 Å². The monoisotopic (exact) mass is 292 g/mol. The van der Waals surface area contributed by atoms with Crippen LogP contribution in [0.5, 0.6) is 0 Å². The molecule has 0 heterocycles. The third kappa shape index (κ3) is 7.97. The largest absolute Gasteiger partial charge is 0.416 e. The summed E-state index contributed by atoms with van der Waals surface area (Å²) >= 11 is 5.34. The van der Waals surface area contributed by atoms with Crippen LogP contribution in [0.25, 0.3) is 0 Å². The van der Waals surface area contributed by atoms with Crippen LogP contribution in [0.4, 0.5) is 13.2 Å². The molecule has 0 aromatic heterocycles. The highest BCUT2D eigenvalue weighted by molar-refractivity contribution is 7.79. The van der Waals surface area contributed by atoms with Crippen LogP contribution in [-0.2, 0) is 22.5 Å². The number of halogens is 4. The molecule has 0 fully saturated rings. The van der Waals surface area contributed by atoms with Crippen molar-refractivity contribution < 1.29 is 30.7 Å². The number of hydrogen-bond acceptors (Lipinski definition) is 2. The molecular weight excluding hydrogens is 285 g/mol. The quantitative estimate of drug-likeness (QED) is 0.616. The lowest BCUT2D eigenvalue weighted by atomic mass is 10.1. The molecule has 0 aliphatic heterocycles. The molecule has 0 spiro atoms. The maximum absolute atomic E-state index is 12.2. The highest BCUT2D eigenvalue weighted by Gasteiger charge is 2.32. The van der Waals surface area contributed by atoms with Gasteiger partial charge in [-0.05, 0) is 11.6 Å². The number of hydrogen-bond donors (Lipinski definition) is 2. The summed E-state index contributed by atoms with van der Waals surface area (Å²) in [5.74, 6) is -0.115. The van der Waals surface area contributed by atoms with Crippen molar-refractivity contribution in [2.24, 2.45) is 0 Å². The maximum Gasteiger partial charge on any atom is 0.416 e. The number of alkyl halides is 4. The molecule has 0 atom stereocenters. The van der Waals surface area contributed by atoms with Crippen molar-refractivity contribution >= 4 is 22.0 Å². The molecule has 1 rings (SSSR count). The third-order valence-electron chi connectivity index (χ3n) is 1.47. The lowest BCUT2D eigenvalue weighted by Crippen LogP contribution is -2.07. The van der Waals surface area contributed by atoms with E-state index in [1.165, 1.54) is 18.2 Å². The minimum absolute atomic E-state index is 0.115. The predicted molar refractivity (Wildman–Crippen MR) is 55.2 cm³/mol. The molecule has 0 saturated heterocycles. The van der Waals surface area contributed by atoms with Gasteiger partial charge in [0.1, 0.15) is 0 Å². The van der Waals surface area contributed by atoms with E-state index < -0.39 is 22.1 Å². The molecule has 0 bridgehead atoms. The molecule has 2 N–H and O–H groups in total. The molecule has 98 valence electrons. The Labute approximate surface area is 101 Å². The second-order valence-electron chi connectivity index (χ2n) is 2.74. The Morgan fingerprint density at radius 1 is 1.18 bits per heavy atom. The van der Waals surface area contributed by atoms with Crippen LogP contribution in [-0.4, -0.2) is 17.5 Å². The molecule has 0 saturated carbocycles. The van der Waals surface area contributed by atoms with Crippen molar-refractivity contribution in [1.82, 2.24) is 0 Å². The van der Waals surface area contributed by atoms with Gasteiger partial charge in [-0.1, -0.05) is 18.2 Å². The zero-order chi connectivity index (χ0) is 13.7. The van der Waals surface area contributed by atoms with Gasteiger partial charge < -0.3 is 0 Å². The van der Waals surface area contributed by atoms with Gasteiger partial charge in [-0.3, -0.25) is 9.11 Å². The summed E-state index contributed by atoms with van der Waals surface area (Å²) < 4.78 is 68.1. The molecule has 0 unspecified atom stereocenters. The average molecular weight is 293 g/mol. The van der Waals surface area contributed by atoms with Gasteiger partial charge in [-0.2, -0.15) is 21.6 Å². The lowest BCUT2D eigenvalue weighted by Gasteiger charge is -2.09. The second-order valence-corrected chi connectivity index (χ2v) is 3.90. The smallest absolute Gasteiger partial charge is 0.264 e. The first-order chi connectivity index (χ1) is 7.55. The summed E-state index contributed by atoms with van der Waals surface area (Å²) in [6.07, 6.45) is -4.30. The zero-order valence-corrected chi connectivity index (χ0v) is 9.72. The van der Waals surface area contributed by atoms with Gasteiger partial charge >= 0.3 is 16.6 Å².